The van der Waals surface area contributed by atoms with Gasteiger partial charge in [0.2, 0.25) is 5.91 Å². The first kappa shape index (κ1) is 16.2. The molecular weight excluding hydrogens is 282 g/mol. The first-order valence-electron chi connectivity index (χ1n) is 7.92. The summed E-state index contributed by atoms with van der Waals surface area (Å²) in [5, 5.41) is -0.330. The molecule has 0 heterocycles. The number of carbonyl (C=O) groups is 1. The van der Waals surface area contributed by atoms with Gasteiger partial charge in [0.05, 0.1) is 0 Å². The van der Waals surface area contributed by atoms with Crippen LogP contribution in [-0.4, -0.2) is 33.4 Å². The Kier molecular flexibility index (Phi) is 5.97. The summed E-state index contributed by atoms with van der Waals surface area (Å²) in [5.41, 5.74) is 0.889. The average Bonchev–Trinajstić information content (AvgIpc) is 3.04. The summed E-state index contributed by atoms with van der Waals surface area (Å²) >= 11 is 0. The van der Waals surface area contributed by atoms with Crippen molar-refractivity contribution in [2.45, 2.75) is 50.0 Å². The van der Waals surface area contributed by atoms with Gasteiger partial charge >= 0.3 is 0 Å². The summed E-state index contributed by atoms with van der Waals surface area (Å²) in [6.07, 6.45) is 4.25. The molecule has 1 amide bonds. The molecule has 0 aromatic heterocycles. The minimum atomic E-state index is -1.13. The molecule has 1 aliphatic carbocycles. The van der Waals surface area contributed by atoms with Crippen LogP contribution in [0.5, 0.6) is 0 Å². The molecular formula is C17H25NO2S. The molecule has 1 aromatic rings. The highest BCUT2D eigenvalue weighted by Gasteiger charge is 2.35. The van der Waals surface area contributed by atoms with Crippen LogP contribution in [0.4, 0.5) is 0 Å². The van der Waals surface area contributed by atoms with Crippen LogP contribution < -0.4 is 0 Å². The molecule has 2 atom stereocenters. The minimum Gasteiger partial charge on any atom is -0.342 e. The molecule has 0 unspecified atom stereocenters. The Hall–Kier alpha value is -1.16. The summed E-state index contributed by atoms with van der Waals surface area (Å²) in [4.78, 5) is 14.6. The van der Waals surface area contributed by atoms with Gasteiger partial charge in [-0.3, -0.25) is 9.00 Å². The molecule has 4 heteroatoms. The van der Waals surface area contributed by atoms with E-state index in [9.17, 15) is 9.00 Å². The van der Waals surface area contributed by atoms with E-state index in [0.717, 1.165) is 31.2 Å². The third-order valence-corrected chi connectivity index (χ3v) is 6.33. The number of carbonyl (C=O) groups excluding carboxylic acids is 1. The second kappa shape index (κ2) is 7.74. The summed E-state index contributed by atoms with van der Waals surface area (Å²) in [5.74, 6) is 0.0106. The summed E-state index contributed by atoms with van der Waals surface area (Å²) in [6.45, 7) is 5.28. The molecule has 3 nitrogen and oxygen atoms in total. The highest BCUT2D eigenvalue weighted by atomic mass is 32.2. The van der Waals surface area contributed by atoms with E-state index >= 15 is 0 Å². The Labute approximate surface area is 130 Å². The smallest absolute Gasteiger partial charge is 0.242 e. The van der Waals surface area contributed by atoms with Gasteiger partial charge in [-0.1, -0.05) is 43.2 Å². The lowest BCUT2D eigenvalue weighted by Crippen LogP contribution is -2.38. The topological polar surface area (TPSA) is 37.4 Å². The van der Waals surface area contributed by atoms with Crippen LogP contribution in [0.2, 0.25) is 0 Å². The van der Waals surface area contributed by atoms with Crippen LogP contribution in [0, 0.1) is 0 Å². The van der Waals surface area contributed by atoms with Crippen molar-refractivity contribution >= 4 is 16.7 Å². The van der Waals surface area contributed by atoms with Gasteiger partial charge in [-0.2, -0.15) is 0 Å². The summed E-state index contributed by atoms with van der Waals surface area (Å²) in [7, 11) is -1.13. The molecule has 0 spiro atoms. The fourth-order valence-corrected chi connectivity index (χ4v) is 4.97. The van der Waals surface area contributed by atoms with E-state index in [4.69, 9.17) is 0 Å². The highest BCUT2D eigenvalue weighted by Crippen LogP contribution is 2.32. The Morgan fingerprint density at radius 1 is 1.19 bits per heavy atom. The van der Waals surface area contributed by atoms with Crippen molar-refractivity contribution in [2.24, 2.45) is 0 Å². The van der Waals surface area contributed by atoms with Crippen molar-refractivity contribution in [3.8, 4) is 0 Å². The van der Waals surface area contributed by atoms with Gasteiger partial charge in [0.25, 0.3) is 0 Å². The predicted octanol–water partition coefficient (Wildman–Crippen LogP) is 3.29. The monoisotopic (exact) mass is 307 g/mol. The van der Waals surface area contributed by atoms with Crippen molar-refractivity contribution in [3.05, 3.63) is 35.9 Å². The predicted molar refractivity (Wildman–Crippen MR) is 87.5 cm³/mol. The maximum atomic E-state index is 13.0. The Morgan fingerprint density at radius 2 is 1.76 bits per heavy atom. The molecule has 0 aliphatic heterocycles. The number of amides is 1. The molecule has 1 fully saturated rings. The zero-order valence-corrected chi connectivity index (χ0v) is 13.8. The van der Waals surface area contributed by atoms with Crippen molar-refractivity contribution in [1.82, 2.24) is 4.90 Å². The van der Waals surface area contributed by atoms with Crippen LogP contribution >= 0.6 is 0 Å². The minimum absolute atomic E-state index is 0.0106. The lowest BCUT2D eigenvalue weighted by molar-refractivity contribution is -0.130. The number of likely N-dealkylation sites (N-methyl/N-ethyl adjacent to an activating group) is 1. The Bertz CT molecular complexity index is 465. The van der Waals surface area contributed by atoms with Crippen molar-refractivity contribution < 1.29 is 9.00 Å². The van der Waals surface area contributed by atoms with E-state index in [0.29, 0.717) is 13.1 Å². The third kappa shape index (κ3) is 3.73. The van der Waals surface area contributed by atoms with E-state index in [-0.39, 0.29) is 11.2 Å². The zero-order chi connectivity index (χ0) is 15.2. The van der Waals surface area contributed by atoms with Crippen molar-refractivity contribution in [3.63, 3.8) is 0 Å². The molecule has 116 valence electrons. The van der Waals surface area contributed by atoms with E-state index in [1.807, 2.05) is 44.2 Å². The SMILES string of the molecule is CCN(CC)C(=O)[C@H](c1ccccc1)[S@@](=O)C1CCCC1. The lowest BCUT2D eigenvalue weighted by atomic mass is 10.1. The average molecular weight is 307 g/mol. The molecule has 1 aliphatic rings. The summed E-state index contributed by atoms with van der Waals surface area (Å²) in [6, 6.07) is 9.63. The van der Waals surface area contributed by atoms with Gasteiger partial charge < -0.3 is 4.90 Å². The fraction of sp³-hybridized carbons (Fsp3) is 0.588. The van der Waals surface area contributed by atoms with Crippen molar-refractivity contribution in [2.75, 3.05) is 13.1 Å². The molecule has 0 N–H and O–H groups in total. The molecule has 21 heavy (non-hydrogen) atoms. The van der Waals surface area contributed by atoms with Crippen LogP contribution in [0.3, 0.4) is 0 Å². The lowest BCUT2D eigenvalue weighted by Gasteiger charge is -2.26. The van der Waals surface area contributed by atoms with Gasteiger partial charge in [0, 0.05) is 29.1 Å². The van der Waals surface area contributed by atoms with Gasteiger partial charge in [-0.15, -0.1) is 0 Å². The molecule has 0 saturated heterocycles. The molecule has 1 aromatic carbocycles. The van der Waals surface area contributed by atoms with Gasteiger partial charge in [0.15, 0.2) is 0 Å². The standard InChI is InChI=1S/C17H25NO2S/c1-3-18(4-2)17(19)16(14-10-6-5-7-11-14)21(20)15-12-8-9-13-15/h5-7,10-11,15-16H,3-4,8-9,12-13H2,1-2H3/t16-,21-/m0/s1. The van der Waals surface area contributed by atoms with Crippen LogP contribution in [-0.2, 0) is 15.6 Å². The first-order valence-corrected chi connectivity index (χ1v) is 9.19. The first-order chi connectivity index (χ1) is 10.2. The fourth-order valence-electron chi connectivity index (χ4n) is 3.02. The Balaban J connectivity index is 2.30. The van der Waals surface area contributed by atoms with Crippen LogP contribution in [0.25, 0.3) is 0 Å². The number of rotatable bonds is 6. The molecule has 2 rings (SSSR count). The van der Waals surface area contributed by atoms with Gasteiger partial charge in [0.1, 0.15) is 5.25 Å². The van der Waals surface area contributed by atoms with Crippen LogP contribution in [0.15, 0.2) is 30.3 Å². The Morgan fingerprint density at radius 3 is 2.29 bits per heavy atom. The molecule has 1 saturated carbocycles. The normalized spacial score (nSPS) is 18.4. The highest BCUT2D eigenvalue weighted by molar-refractivity contribution is 7.86. The molecule has 0 bridgehead atoms. The van der Waals surface area contributed by atoms with Gasteiger partial charge in [-0.25, -0.2) is 0 Å². The molecule has 0 radical (unpaired) electrons. The quantitative estimate of drug-likeness (QED) is 0.809. The summed E-state index contributed by atoms with van der Waals surface area (Å²) < 4.78 is 13.0. The number of hydrogen-bond donors (Lipinski definition) is 0. The number of benzene rings is 1. The zero-order valence-electron chi connectivity index (χ0n) is 13.0. The van der Waals surface area contributed by atoms with Gasteiger partial charge in [-0.05, 0) is 32.3 Å². The largest absolute Gasteiger partial charge is 0.342 e. The third-order valence-electron chi connectivity index (χ3n) is 4.26. The maximum Gasteiger partial charge on any atom is 0.242 e. The second-order valence-electron chi connectivity index (χ2n) is 5.54. The van der Waals surface area contributed by atoms with E-state index in [1.54, 1.807) is 4.90 Å². The van der Waals surface area contributed by atoms with Crippen LogP contribution in [0.1, 0.15) is 50.3 Å². The number of nitrogens with zero attached hydrogens (tertiary/aromatic N) is 1. The van der Waals surface area contributed by atoms with E-state index < -0.39 is 16.0 Å². The van der Waals surface area contributed by atoms with E-state index in [2.05, 4.69) is 0 Å². The maximum absolute atomic E-state index is 13.0. The second-order valence-corrected chi connectivity index (χ2v) is 7.33. The van der Waals surface area contributed by atoms with Crippen molar-refractivity contribution in [1.29, 1.82) is 0 Å². The van der Waals surface area contributed by atoms with E-state index in [1.165, 1.54) is 0 Å². The number of hydrogen-bond acceptors (Lipinski definition) is 2.